The summed E-state index contributed by atoms with van der Waals surface area (Å²) in [6.07, 6.45) is 1.79. The van der Waals surface area contributed by atoms with E-state index in [0.29, 0.717) is 26.7 Å². The second-order valence-corrected chi connectivity index (χ2v) is 8.74. The first-order valence-electron chi connectivity index (χ1n) is 9.35. The standard InChI is InChI=1S/C24H18Cl2N2OS/c1-16-7-11-20(12-8-16)27-24-28(15-17-5-3-2-4-6-17)23(29)22(30-24)13-18-9-10-19(25)14-21(18)26/h2-14H,15H2,1H3/b22-13+,27-24?. The van der Waals surface area contributed by atoms with Crippen LogP contribution in [0.2, 0.25) is 10.0 Å². The van der Waals surface area contributed by atoms with Gasteiger partial charge in [0.15, 0.2) is 5.17 Å². The van der Waals surface area contributed by atoms with Crippen LogP contribution < -0.4 is 0 Å². The highest BCUT2D eigenvalue weighted by Crippen LogP contribution is 2.36. The highest BCUT2D eigenvalue weighted by Gasteiger charge is 2.33. The monoisotopic (exact) mass is 452 g/mol. The highest BCUT2D eigenvalue weighted by atomic mass is 35.5. The van der Waals surface area contributed by atoms with Crippen molar-refractivity contribution in [2.45, 2.75) is 13.5 Å². The van der Waals surface area contributed by atoms with E-state index in [1.807, 2.05) is 67.6 Å². The summed E-state index contributed by atoms with van der Waals surface area (Å²) in [5.41, 5.74) is 3.75. The second kappa shape index (κ2) is 9.09. The minimum absolute atomic E-state index is 0.0965. The quantitative estimate of drug-likeness (QED) is 0.395. The van der Waals surface area contributed by atoms with Crippen LogP contribution in [0.15, 0.2) is 82.7 Å². The Kier molecular flexibility index (Phi) is 6.28. The van der Waals surface area contributed by atoms with Gasteiger partial charge in [0.2, 0.25) is 0 Å². The Labute approximate surface area is 190 Å². The van der Waals surface area contributed by atoms with E-state index in [0.717, 1.165) is 22.4 Å². The lowest BCUT2D eigenvalue weighted by Crippen LogP contribution is -2.28. The number of aryl methyl sites for hydroxylation is 1. The molecule has 0 aromatic heterocycles. The molecule has 3 nitrogen and oxygen atoms in total. The Morgan fingerprint density at radius 2 is 1.73 bits per heavy atom. The summed E-state index contributed by atoms with van der Waals surface area (Å²) in [7, 11) is 0. The lowest BCUT2D eigenvalue weighted by atomic mass is 10.2. The van der Waals surface area contributed by atoms with Gasteiger partial charge in [0.1, 0.15) is 0 Å². The maximum Gasteiger partial charge on any atom is 0.267 e. The van der Waals surface area contributed by atoms with Crippen LogP contribution in [-0.2, 0) is 11.3 Å². The largest absolute Gasteiger partial charge is 0.282 e. The fourth-order valence-corrected chi connectivity index (χ4v) is 4.44. The molecule has 6 heteroatoms. The van der Waals surface area contributed by atoms with Gasteiger partial charge in [-0.05, 0) is 60.2 Å². The summed E-state index contributed by atoms with van der Waals surface area (Å²) < 4.78 is 0. The van der Waals surface area contributed by atoms with E-state index in [2.05, 4.69) is 0 Å². The first-order valence-corrected chi connectivity index (χ1v) is 10.9. The summed E-state index contributed by atoms with van der Waals surface area (Å²) in [5.74, 6) is -0.0965. The van der Waals surface area contributed by atoms with Crippen molar-refractivity contribution in [2.75, 3.05) is 0 Å². The van der Waals surface area contributed by atoms with Gasteiger partial charge in [-0.3, -0.25) is 9.69 Å². The molecule has 3 aromatic carbocycles. The predicted octanol–water partition coefficient (Wildman–Crippen LogP) is 7.11. The van der Waals surface area contributed by atoms with Crippen molar-refractivity contribution in [3.8, 4) is 0 Å². The van der Waals surface area contributed by atoms with Crippen LogP contribution in [-0.4, -0.2) is 16.0 Å². The molecule has 0 N–H and O–H groups in total. The molecule has 0 spiro atoms. The molecule has 0 aliphatic carbocycles. The van der Waals surface area contributed by atoms with Crippen molar-refractivity contribution < 1.29 is 4.79 Å². The third-order valence-corrected chi connectivity index (χ3v) is 6.15. The lowest BCUT2D eigenvalue weighted by Gasteiger charge is -2.15. The van der Waals surface area contributed by atoms with Crippen LogP contribution in [0.3, 0.4) is 0 Å². The molecule has 1 heterocycles. The topological polar surface area (TPSA) is 32.7 Å². The van der Waals surface area contributed by atoms with E-state index in [9.17, 15) is 4.79 Å². The zero-order chi connectivity index (χ0) is 21.1. The van der Waals surface area contributed by atoms with E-state index in [4.69, 9.17) is 28.2 Å². The maximum atomic E-state index is 13.2. The minimum Gasteiger partial charge on any atom is -0.282 e. The summed E-state index contributed by atoms with van der Waals surface area (Å²) in [6, 6.07) is 23.0. The molecule has 1 saturated heterocycles. The maximum absolute atomic E-state index is 13.2. The highest BCUT2D eigenvalue weighted by molar-refractivity contribution is 8.18. The molecule has 3 aromatic rings. The van der Waals surface area contributed by atoms with E-state index in [1.54, 1.807) is 23.1 Å². The number of hydrogen-bond donors (Lipinski definition) is 0. The molecule has 30 heavy (non-hydrogen) atoms. The molecule has 1 aliphatic rings. The number of aliphatic imine (C=N–C) groups is 1. The summed E-state index contributed by atoms with van der Waals surface area (Å²) in [4.78, 5) is 20.3. The third-order valence-electron chi connectivity index (χ3n) is 4.58. The van der Waals surface area contributed by atoms with Crippen LogP contribution in [0, 0.1) is 6.92 Å². The van der Waals surface area contributed by atoms with Crippen LogP contribution >= 0.6 is 35.0 Å². The van der Waals surface area contributed by atoms with Gasteiger partial charge in [0.05, 0.1) is 17.1 Å². The van der Waals surface area contributed by atoms with Gasteiger partial charge in [-0.2, -0.15) is 0 Å². The average molecular weight is 453 g/mol. The van der Waals surface area contributed by atoms with E-state index in [-0.39, 0.29) is 5.91 Å². The van der Waals surface area contributed by atoms with Gasteiger partial charge in [-0.15, -0.1) is 0 Å². The van der Waals surface area contributed by atoms with Gasteiger partial charge in [0.25, 0.3) is 5.91 Å². The molecule has 0 radical (unpaired) electrons. The molecular weight excluding hydrogens is 435 g/mol. The van der Waals surface area contributed by atoms with Gasteiger partial charge in [0, 0.05) is 10.0 Å². The Hall–Kier alpha value is -2.53. The molecule has 1 amide bonds. The fraction of sp³-hybridized carbons (Fsp3) is 0.0833. The van der Waals surface area contributed by atoms with Crippen molar-refractivity contribution in [1.29, 1.82) is 0 Å². The minimum atomic E-state index is -0.0965. The van der Waals surface area contributed by atoms with Gasteiger partial charge in [-0.1, -0.05) is 77.3 Å². The number of amides is 1. The third kappa shape index (κ3) is 4.78. The number of rotatable bonds is 4. The fourth-order valence-electron chi connectivity index (χ4n) is 2.99. The first kappa shape index (κ1) is 20.7. The second-order valence-electron chi connectivity index (χ2n) is 6.88. The number of halogens is 2. The Balaban J connectivity index is 1.71. The Morgan fingerprint density at radius 3 is 2.43 bits per heavy atom. The Morgan fingerprint density at radius 1 is 1.00 bits per heavy atom. The number of benzene rings is 3. The number of amidine groups is 1. The SMILES string of the molecule is Cc1ccc(N=C2S/C(=C/c3ccc(Cl)cc3Cl)C(=O)N2Cc2ccccc2)cc1. The van der Waals surface area contributed by atoms with Crippen LogP contribution in [0.25, 0.3) is 6.08 Å². The first-order chi connectivity index (χ1) is 14.5. The van der Waals surface area contributed by atoms with E-state index < -0.39 is 0 Å². The van der Waals surface area contributed by atoms with Crippen molar-refractivity contribution in [2.24, 2.45) is 4.99 Å². The van der Waals surface area contributed by atoms with Crippen LogP contribution in [0.1, 0.15) is 16.7 Å². The number of carbonyl (C=O) groups excluding carboxylic acids is 1. The zero-order valence-corrected chi connectivity index (χ0v) is 18.5. The van der Waals surface area contributed by atoms with E-state index in [1.165, 1.54) is 11.8 Å². The number of thioether (sulfide) groups is 1. The molecule has 0 atom stereocenters. The predicted molar refractivity (Wildman–Crippen MR) is 127 cm³/mol. The smallest absolute Gasteiger partial charge is 0.267 e. The molecule has 0 saturated carbocycles. The lowest BCUT2D eigenvalue weighted by molar-refractivity contribution is -0.122. The normalized spacial score (nSPS) is 16.6. The Bertz CT molecular complexity index is 1140. The molecular formula is C24H18Cl2N2OS. The number of hydrogen-bond acceptors (Lipinski definition) is 3. The van der Waals surface area contributed by atoms with Crippen LogP contribution in [0.4, 0.5) is 5.69 Å². The molecule has 0 bridgehead atoms. The molecule has 1 aliphatic heterocycles. The van der Waals surface area contributed by atoms with Crippen molar-refractivity contribution in [3.63, 3.8) is 0 Å². The zero-order valence-electron chi connectivity index (χ0n) is 16.2. The average Bonchev–Trinajstić information content (AvgIpc) is 3.01. The van der Waals surface area contributed by atoms with Gasteiger partial charge < -0.3 is 0 Å². The van der Waals surface area contributed by atoms with Crippen molar-refractivity contribution in [3.05, 3.63) is 104 Å². The number of nitrogens with zero attached hydrogens (tertiary/aromatic N) is 2. The van der Waals surface area contributed by atoms with Crippen molar-refractivity contribution >= 4 is 57.8 Å². The summed E-state index contributed by atoms with van der Waals surface area (Å²) in [5, 5.41) is 1.70. The van der Waals surface area contributed by atoms with Gasteiger partial charge >= 0.3 is 0 Å². The number of carbonyl (C=O) groups is 1. The van der Waals surface area contributed by atoms with E-state index >= 15 is 0 Å². The summed E-state index contributed by atoms with van der Waals surface area (Å²) >= 11 is 13.7. The molecule has 4 rings (SSSR count). The molecule has 150 valence electrons. The molecule has 1 fully saturated rings. The molecule has 0 unspecified atom stereocenters. The van der Waals surface area contributed by atoms with Gasteiger partial charge in [-0.25, -0.2) is 4.99 Å². The van der Waals surface area contributed by atoms with Crippen LogP contribution in [0.5, 0.6) is 0 Å². The summed E-state index contributed by atoms with van der Waals surface area (Å²) in [6.45, 7) is 2.48. The van der Waals surface area contributed by atoms with Crippen molar-refractivity contribution in [1.82, 2.24) is 4.90 Å².